The Hall–Kier alpha value is -0.810. The molecule has 0 bridgehead atoms. The summed E-state index contributed by atoms with van der Waals surface area (Å²) in [6, 6.07) is 0. The van der Waals surface area contributed by atoms with Crippen molar-refractivity contribution in [1.29, 1.82) is 0 Å². The van der Waals surface area contributed by atoms with Gasteiger partial charge in [-0.2, -0.15) is 0 Å². The molecule has 0 saturated carbocycles. The van der Waals surface area contributed by atoms with Crippen molar-refractivity contribution in [1.82, 2.24) is 0 Å². The molecular formula is C21H36B2O4. The van der Waals surface area contributed by atoms with Crippen LogP contribution in [0.3, 0.4) is 0 Å². The number of allylic oxidation sites excluding steroid dienone is 4. The maximum atomic E-state index is 6.08. The Bertz CT molecular complexity index is 586. The van der Waals surface area contributed by atoms with Crippen LogP contribution in [0.15, 0.2) is 35.8 Å². The highest BCUT2D eigenvalue weighted by Gasteiger charge is 2.51. The summed E-state index contributed by atoms with van der Waals surface area (Å²) in [4.78, 5) is 0. The molecule has 0 aromatic heterocycles. The van der Waals surface area contributed by atoms with Crippen LogP contribution in [0.2, 0.25) is 0 Å². The number of hydrogen-bond donors (Lipinski definition) is 0. The molecule has 150 valence electrons. The molecule has 2 aliphatic rings. The zero-order chi connectivity index (χ0) is 20.5. The Morgan fingerprint density at radius 3 is 1.59 bits per heavy atom. The summed E-state index contributed by atoms with van der Waals surface area (Å²) in [6.45, 7) is 18.7. The van der Waals surface area contributed by atoms with Crippen molar-refractivity contribution in [2.24, 2.45) is 0 Å². The van der Waals surface area contributed by atoms with Crippen LogP contribution in [0, 0.1) is 0 Å². The van der Waals surface area contributed by atoms with E-state index in [1.807, 2.05) is 18.1 Å². The third-order valence-corrected chi connectivity index (χ3v) is 6.12. The van der Waals surface area contributed by atoms with Crippen molar-refractivity contribution in [2.75, 3.05) is 0 Å². The fourth-order valence-corrected chi connectivity index (χ4v) is 2.94. The zero-order valence-electron chi connectivity index (χ0n) is 18.6. The van der Waals surface area contributed by atoms with E-state index in [1.54, 1.807) is 0 Å². The van der Waals surface area contributed by atoms with Gasteiger partial charge in [-0.3, -0.25) is 0 Å². The van der Waals surface area contributed by atoms with E-state index in [9.17, 15) is 0 Å². The largest absolute Gasteiger partial charge is 0.487 e. The van der Waals surface area contributed by atoms with Crippen LogP contribution in [0.25, 0.3) is 0 Å². The van der Waals surface area contributed by atoms with Gasteiger partial charge in [0.25, 0.3) is 0 Å². The molecule has 2 rings (SSSR count). The van der Waals surface area contributed by atoms with Gasteiger partial charge in [0.05, 0.1) is 22.4 Å². The molecule has 27 heavy (non-hydrogen) atoms. The minimum absolute atomic E-state index is 0.310. The molecule has 0 aromatic carbocycles. The molecule has 6 heteroatoms. The molecule has 0 aromatic rings. The average molecular weight is 374 g/mol. The molecule has 4 nitrogen and oxygen atoms in total. The van der Waals surface area contributed by atoms with Crippen molar-refractivity contribution in [3.8, 4) is 0 Å². The number of hydrogen-bond acceptors (Lipinski definition) is 4. The lowest BCUT2D eigenvalue weighted by atomic mass is 9.85. The van der Waals surface area contributed by atoms with E-state index in [2.05, 4.69) is 74.4 Å². The zero-order valence-corrected chi connectivity index (χ0v) is 18.6. The highest BCUT2D eigenvalue weighted by molar-refractivity contribution is 6.52. The van der Waals surface area contributed by atoms with Gasteiger partial charge >= 0.3 is 14.2 Å². The molecule has 2 saturated heterocycles. The van der Waals surface area contributed by atoms with E-state index >= 15 is 0 Å². The lowest BCUT2D eigenvalue weighted by molar-refractivity contribution is 0.00578. The van der Waals surface area contributed by atoms with Crippen LogP contribution < -0.4 is 0 Å². The van der Waals surface area contributed by atoms with E-state index in [-0.39, 0.29) is 36.6 Å². The second kappa shape index (κ2) is 7.90. The van der Waals surface area contributed by atoms with Gasteiger partial charge in [-0.15, -0.1) is 0 Å². The van der Waals surface area contributed by atoms with Gasteiger partial charge in [0.2, 0.25) is 0 Å². The standard InChI is InChI=1S/C21H36B2O4/c1-10-13-17(16-23-26-20(6,7)21(8,9)27-23)14-11-12-15-22-24-18(2,3)19(4,5)25-22/h11-12,14-16H,10,13H2,1-9H3/b14-11+,15-12+,17-16+. The summed E-state index contributed by atoms with van der Waals surface area (Å²) < 4.78 is 24.1. The highest BCUT2D eigenvalue weighted by atomic mass is 16.7. The van der Waals surface area contributed by atoms with E-state index < -0.39 is 0 Å². The topological polar surface area (TPSA) is 36.9 Å². The fourth-order valence-electron chi connectivity index (χ4n) is 2.94. The molecular weight excluding hydrogens is 338 g/mol. The lowest BCUT2D eigenvalue weighted by Gasteiger charge is -2.32. The quantitative estimate of drug-likeness (QED) is 0.480. The summed E-state index contributed by atoms with van der Waals surface area (Å²) in [6.07, 6.45) is 8.16. The van der Waals surface area contributed by atoms with Crippen molar-refractivity contribution in [2.45, 2.75) is 97.6 Å². The first-order valence-electron chi connectivity index (χ1n) is 10.1. The first-order chi connectivity index (χ1) is 12.3. The van der Waals surface area contributed by atoms with Gasteiger partial charge in [-0.1, -0.05) is 49.1 Å². The maximum absolute atomic E-state index is 6.08. The van der Waals surface area contributed by atoms with Gasteiger partial charge in [-0.25, -0.2) is 0 Å². The van der Waals surface area contributed by atoms with Gasteiger partial charge in [0.15, 0.2) is 0 Å². The van der Waals surface area contributed by atoms with Crippen LogP contribution in [0.4, 0.5) is 0 Å². The predicted molar refractivity (Wildman–Crippen MR) is 113 cm³/mol. The third-order valence-electron chi connectivity index (χ3n) is 6.12. The molecule has 0 atom stereocenters. The average Bonchev–Trinajstić information content (AvgIpc) is 2.82. The Morgan fingerprint density at radius 1 is 0.704 bits per heavy atom. The second-order valence-corrected chi connectivity index (χ2v) is 9.49. The van der Waals surface area contributed by atoms with Crippen LogP contribution in [-0.4, -0.2) is 36.6 Å². The SMILES string of the molecule is CCCC(/C=C/C=C/B1OC(C)(C)C(C)(C)O1)=C\B1OC(C)(C)C(C)(C)O1. The summed E-state index contributed by atoms with van der Waals surface area (Å²) in [5.41, 5.74) is -0.0435. The van der Waals surface area contributed by atoms with Crippen LogP contribution in [0.1, 0.15) is 75.2 Å². The van der Waals surface area contributed by atoms with E-state index in [0.717, 1.165) is 12.8 Å². The lowest BCUT2D eigenvalue weighted by Crippen LogP contribution is -2.41. The van der Waals surface area contributed by atoms with Crippen LogP contribution >= 0.6 is 0 Å². The minimum Gasteiger partial charge on any atom is -0.400 e. The third kappa shape index (κ3) is 5.17. The Kier molecular flexibility index (Phi) is 6.58. The summed E-state index contributed by atoms with van der Waals surface area (Å²) in [5.74, 6) is 4.03. The fraction of sp³-hybridized carbons (Fsp3) is 0.714. The van der Waals surface area contributed by atoms with Gasteiger partial charge < -0.3 is 18.6 Å². The van der Waals surface area contributed by atoms with Gasteiger partial charge in [0, 0.05) is 0 Å². The first kappa shape index (κ1) is 22.5. The molecule has 0 N–H and O–H groups in total. The molecule has 2 aliphatic heterocycles. The molecule has 0 amide bonds. The summed E-state index contributed by atoms with van der Waals surface area (Å²) in [7, 11) is -0.630. The van der Waals surface area contributed by atoms with Crippen molar-refractivity contribution in [3.63, 3.8) is 0 Å². The molecule has 2 fully saturated rings. The minimum atomic E-state index is -0.318. The molecule has 0 radical (unpaired) electrons. The van der Waals surface area contributed by atoms with Gasteiger partial charge in [0.1, 0.15) is 0 Å². The van der Waals surface area contributed by atoms with Crippen molar-refractivity contribution in [3.05, 3.63) is 35.8 Å². The highest BCUT2D eigenvalue weighted by Crippen LogP contribution is 2.38. The first-order valence-corrected chi connectivity index (χ1v) is 10.1. The van der Waals surface area contributed by atoms with Crippen LogP contribution in [0.5, 0.6) is 0 Å². The molecule has 0 unspecified atom stereocenters. The normalized spacial score (nSPS) is 26.6. The molecule has 2 heterocycles. The smallest absolute Gasteiger partial charge is 0.400 e. The predicted octanol–water partition coefficient (Wildman–Crippen LogP) is 5.09. The van der Waals surface area contributed by atoms with Crippen LogP contribution in [-0.2, 0) is 18.6 Å². The monoisotopic (exact) mass is 374 g/mol. The van der Waals surface area contributed by atoms with Crippen molar-refractivity contribution >= 4 is 14.2 Å². The molecule has 0 spiro atoms. The van der Waals surface area contributed by atoms with E-state index in [1.165, 1.54) is 5.57 Å². The van der Waals surface area contributed by atoms with Gasteiger partial charge in [-0.05, 0) is 61.8 Å². The molecule has 0 aliphatic carbocycles. The summed E-state index contributed by atoms with van der Waals surface area (Å²) in [5, 5.41) is 0. The Labute approximate surface area is 166 Å². The number of rotatable bonds is 6. The van der Waals surface area contributed by atoms with E-state index in [0.29, 0.717) is 0 Å². The van der Waals surface area contributed by atoms with Crippen molar-refractivity contribution < 1.29 is 18.6 Å². The van der Waals surface area contributed by atoms with E-state index in [4.69, 9.17) is 18.6 Å². The second-order valence-electron chi connectivity index (χ2n) is 9.49. The Balaban J connectivity index is 2.00. The maximum Gasteiger partial charge on any atom is 0.487 e. The summed E-state index contributed by atoms with van der Waals surface area (Å²) >= 11 is 0. The Morgan fingerprint density at radius 2 is 1.15 bits per heavy atom.